The van der Waals surface area contributed by atoms with Gasteiger partial charge in [-0.1, -0.05) is 17.7 Å². The lowest BCUT2D eigenvalue weighted by molar-refractivity contribution is -0.194. The van der Waals surface area contributed by atoms with E-state index >= 15 is 0 Å². The Bertz CT molecular complexity index is 178. The molecule has 0 atom stereocenters. The normalized spacial score (nSPS) is 41.7. The maximum atomic E-state index is 5.13. The highest BCUT2D eigenvalue weighted by atomic mass is 35.5. The van der Waals surface area contributed by atoms with Gasteiger partial charge in [-0.2, -0.15) is 0 Å². The largest absolute Gasteiger partial charge is 0.264 e. The van der Waals surface area contributed by atoms with Crippen LogP contribution in [0.4, 0.5) is 0 Å². The van der Waals surface area contributed by atoms with Crippen molar-refractivity contribution in [1.82, 2.24) is 19.6 Å². The first-order valence-electron chi connectivity index (χ1n) is 5.02. The van der Waals surface area contributed by atoms with Crippen molar-refractivity contribution in [2.45, 2.75) is 0 Å². The van der Waals surface area contributed by atoms with Crippen molar-refractivity contribution in [2.24, 2.45) is 0 Å². The molecule has 0 saturated carbocycles. The number of hydrogen-bond donors (Lipinski definition) is 0. The van der Waals surface area contributed by atoms with Crippen LogP contribution in [0.3, 0.4) is 0 Å². The zero-order valence-corrected chi connectivity index (χ0v) is 10.2. The summed E-state index contributed by atoms with van der Waals surface area (Å²) in [4.78, 5) is 9.88. The topological polar surface area (TPSA) is 13.0 Å². The molecule has 0 spiro atoms. The lowest BCUT2D eigenvalue weighted by Gasteiger charge is -2.56. The fraction of sp³-hybridized carbons (Fsp3) is 0.778. The Morgan fingerprint density at radius 1 is 0.800 bits per heavy atom. The van der Waals surface area contributed by atoms with Crippen molar-refractivity contribution >= 4 is 23.2 Å². The molecule has 0 N–H and O–H groups in total. The van der Waals surface area contributed by atoms with Gasteiger partial charge in [0.15, 0.2) is 0 Å². The monoisotopic (exact) mass is 250 g/mol. The van der Waals surface area contributed by atoms with E-state index in [4.69, 9.17) is 23.2 Å². The van der Waals surface area contributed by atoms with E-state index < -0.39 is 0 Å². The van der Waals surface area contributed by atoms with Crippen LogP contribution in [-0.2, 0) is 0 Å². The summed E-state index contributed by atoms with van der Waals surface area (Å²) >= 11 is 10.2. The van der Waals surface area contributed by atoms with Gasteiger partial charge in [-0.3, -0.25) is 19.6 Å². The third-order valence-corrected chi connectivity index (χ3v) is 2.93. The maximum absolute atomic E-state index is 5.13. The molecule has 4 aliphatic heterocycles. The van der Waals surface area contributed by atoms with Crippen molar-refractivity contribution in [3.05, 3.63) is 11.6 Å². The van der Waals surface area contributed by atoms with E-state index in [-0.39, 0.29) is 0 Å². The van der Waals surface area contributed by atoms with Gasteiger partial charge in [0, 0.05) is 11.4 Å². The number of allylic oxidation sites excluding steroid dienone is 1. The molecule has 4 heterocycles. The van der Waals surface area contributed by atoms with E-state index in [0.717, 1.165) is 0 Å². The smallest absolute Gasteiger partial charge is 0.0555 e. The SMILES string of the molecule is C1N2CN3CN1CN(C2)C3.Cl/C=C/CCl. The molecule has 86 valence electrons. The van der Waals surface area contributed by atoms with Gasteiger partial charge >= 0.3 is 0 Å². The average Bonchev–Trinajstić information content (AvgIpc) is 2.17. The minimum Gasteiger partial charge on any atom is -0.264 e. The summed E-state index contributed by atoms with van der Waals surface area (Å²) < 4.78 is 0. The number of rotatable bonds is 1. The Morgan fingerprint density at radius 2 is 1.13 bits per heavy atom. The Balaban J connectivity index is 0.000000149. The van der Waals surface area contributed by atoms with Crippen molar-refractivity contribution in [3.8, 4) is 0 Å². The second-order valence-electron chi connectivity index (χ2n) is 4.05. The Kier molecular flexibility index (Phi) is 4.25. The zero-order chi connectivity index (χ0) is 10.7. The molecule has 4 nitrogen and oxygen atoms in total. The van der Waals surface area contributed by atoms with Gasteiger partial charge < -0.3 is 0 Å². The van der Waals surface area contributed by atoms with Gasteiger partial charge in [0.2, 0.25) is 0 Å². The number of halogens is 2. The van der Waals surface area contributed by atoms with Crippen LogP contribution in [0.1, 0.15) is 0 Å². The molecule has 0 aromatic heterocycles. The molecule has 0 unspecified atom stereocenters. The van der Waals surface area contributed by atoms with E-state index in [1.807, 2.05) is 0 Å². The van der Waals surface area contributed by atoms with Gasteiger partial charge in [0.25, 0.3) is 0 Å². The first kappa shape index (κ1) is 11.6. The molecule has 4 rings (SSSR count). The van der Waals surface area contributed by atoms with E-state index in [1.54, 1.807) is 6.08 Å². The molecule has 6 heteroatoms. The van der Waals surface area contributed by atoms with Crippen molar-refractivity contribution in [2.75, 3.05) is 45.9 Å². The molecular weight excluding hydrogens is 235 g/mol. The van der Waals surface area contributed by atoms with Gasteiger partial charge in [-0.25, -0.2) is 0 Å². The quantitative estimate of drug-likeness (QED) is 0.643. The zero-order valence-electron chi connectivity index (χ0n) is 8.65. The predicted molar refractivity (Wildman–Crippen MR) is 62.3 cm³/mol. The van der Waals surface area contributed by atoms with Crippen LogP contribution < -0.4 is 0 Å². The van der Waals surface area contributed by atoms with E-state index in [2.05, 4.69) is 19.6 Å². The number of alkyl halides is 1. The molecule has 0 radical (unpaired) electrons. The summed E-state index contributed by atoms with van der Waals surface area (Å²) in [6, 6.07) is 0. The summed E-state index contributed by atoms with van der Waals surface area (Å²) in [5.74, 6) is 0.503. The molecule has 15 heavy (non-hydrogen) atoms. The van der Waals surface area contributed by atoms with E-state index in [9.17, 15) is 0 Å². The second-order valence-corrected chi connectivity index (χ2v) is 4.61. The molecule has 4 saturated heterocycles. The summed E-state index contributed by atoms with van der Waals surface area (Å²) in [5.41, 5.74) is 1.40. The standard InChI is InChI=1S/C6H12N4.C3H4Cl2/c1-7-2-9-4-8(1)5-10(3-7)6-9;4-2-1-3-5/h1-6H2;1-2H,3H2/b;2-1+. The van der Waals surface area contributed by atoms with Gasteiger partial charge in [-0.15, -0.1) is 11.6 Å². The number of nitrogens with zero attached hydrogens (tertiary/aromatic N) is 4. The molecular formula is C9H16Cl2N4. The molecule has 0 aromatic rings. The van der Waals surface area contributed by atoms with Crippen LogP contribution in [-0.4, -0.2) is 65.5 Å². The Labute approximate surface area is 101 Å². The van der Waals surface area contributed by atoms with Crippen LogP contribution in [0.15, 0.2) is 11.6 Å². The summed E-state index contributed by atoms with van der Waals surface area (Å²) in [7, 11) is 0. The summed E-state index contributed by atoms with van der Waals surface area (Å²) in [6.07, 6.45) is 1.66. The Morgan fingerprint density at radius 3 is 1.27 bits per heavy atom. The third-order valence-electron chi connectivity index (χ3n) is 2.58. The molecule has 4 bridgehead atoms. The first-order chi connectivity index (χ1) is 7.31. The maximum Gasteiger partial charge on any atom is 0.0555 e. The minimum absolute atomic E-state index is 0.503. The van der Waals surface area contributed by atoms with Crippen LogP contribution in [0.2, 0.25) is 0 Å². The second kappa shape index (κ2) is 5.48. The predicted octanol–water partition coefficient (Wildman–Crippen LogP) is 0.958. The highest BCUT2D eigenvalue weighted by Gasteiger charge is 2.36. The van der Waals surface area contributed by atoms with E-state index in [1.165, 1.54) is 45.5 Å². The lowest BCUT2D eigenvalue weighted by Crippen LogP contribution is -2.71. The average molecular weight is 251 g/mol. The Hall–Kier alpha value is 0.160. The fourth-order valence-corrected chi connectivity index (χ4v) is 2.54. The number of hydrogen-bond acceptors (Lipinski definition) is 4. The molecule has 0 aliphatic carbocycles. The van der Waals surface area contributed by atoms with Crippen LogP contribution in [0.5, 0.6) is 0 Å². The van der Waals surface area contributed by atoms with Crippen LogP contribution in [0, 0.1) is 0 Å². The van der Waals surface area contributed by atoms with Crippen molar-refractivity contribution in [1.29, 1.82) is 0 Å². The van der Waals surface area contributed by atoms with Crippen molar-refractivity contribution < 1.29 is 0 Å². The van der Waals surface area contributed by atoms with Crippen LogP contribution in [0.25, 0.3) is 0 Å². The fourth-order valence-electron chi connectivity index (χ4n) is 2.27. The molecule has 4 fully saturated rings. The summed E-state index contributed by atoms with van der Waals surface area (Å²) in [5, 5.41) is 0. The third kappa shape index (κ3) is 3.06. The highest BCUT2D eigenvalue weighted by Crippen LogP contribution is 2.20. The van der Waals surface area contributed by atoms with Crippen LogP contribution >= 0.6 is 23.2 Å². The molecule has 0 aromatic carbocycles. The molecule has 0 amide bonds. The van der Waals surface area contributed by atoms with Gasteiger partial charge in [0.05, 0.1) is 40.0 Å². The summed E-state index contributed by atoms with van der Waals surface area (Å²) in [6.45, 7) is 7.12. The lowest BCUT2D eigenvalue weighted by atomic mass is 10.4. The molecule has 4 aliphatic rings. The van der Waals surface area contributed by atoms with E-state index in [0.29, 0.717) is 5.88 Å². The minimum atomic E-state index is 0.503. The van der Waals surface area contributed by atoms with Gasteiger partial charge in [-0.05, 0) is 0 Å². The highest BCUT2D eigenvalue weighted by molar-refractivity contribution is 6.26. The van der Waals surface area contributed by atoms with Crippen molar-refractivity contribution in [3.63, 3.8) is 0 Å². The first-order valence-corrected chi connectivity index (χ1v) is 5.99. The van der Waals surface area contributed by atoms with Gasteiger partial charge in [0.1, 0.15) is 0 Å².